The molecule has 17 heavy (non-hydrogen) atoms. The number of nitrogens with one attached hydrogen (secondary N) is 1. The first-order valence-electron chi connectivity index (χ1n) is 5.23. The van der Waals surface area contributed by atoms with E-state index in [9.17, 15) is 0 Å². The average molecular weight is 286 g/mol. The highest BCUT2D eigenvalue weighted by molar-refractivity contribution is 7.99. The monoisotopic (exact) mass is 285 g/mol. The number of aromatic nitrogens is 2. The Morgan fingerprint density at radius 3 is 2.94 bits per heavy atom. The highest BCUT2D eigenvalue weighted by atomic mass is 35.5. The number of hydrogen-bond donors (Lipinski definition) is 1. The summed E-state index contributed by atoms with van der Waals surface area (Å²) < 4.78 is 4.46. The molecule has 0 spiro atoms. The quantitative estimate of drug-likeness (QED) is 0.845. The van der Waals surface area contributed by atoms with Gasteiger partial charge in [0.05, 0.1) is 6.54 Å². The highest BCUT2D eigenvalue weighted by Crippen LogP contribution is 2.27. The van der Waals surface area contributed by atoms with Gasteiger partial charge >= 0.3 is 0 Å². The average Bonchev–Trinajstić information content (AvgIpc) is 2.74. The molecule has 0 atom stereocenters. The molecule has 0 saturated heterocycles. The standard InChI is InChI=1S/C11H12ClN3S2/c1-2-16-10-6-4-3-5-8(10)13-7-9-11(12)17-15-14-9/h3-6,13H,2,7H2,1H3. The van der Waals surface area contributed by atoms with Gasteiger partial charge in [0, 0.05) is 22.1 Å². The van der Waals surface area contributed by atoms with E-state index in [1.807, 2.05) is 23.9 Å². The third kappa shape index (κ3) is 3.34. The molecule has 90 valence electrons. The zero-order valence-corrected chi connectivity index (χ0v) is 11.7. The summed E-state index contributed by atoms with van der Waals surface area (Å²) in [4.78, 5) is 1.24. The van der Waals surface area contributed by atoms with E-state index < -0.39 is 0 Å². The molecular formula is C11H12ClN3S2. The van der Waals surface area contributed by atoms with Gasteiger partial charge in [-0.15, -0.1) is 16.9 Å². The zero-order valence-electron chi connectivity index (χ0n) is 9.31. The number of hydrogen-bond acceptors (Lipinski definition) is 5. The van der Waals surface area contributed by atoms with Crippen LogP contribution in [0.4, 0.5) is 5.69 Å². The molecule has 0 radical (unpaired) electrons. The van der Waals surface area contributed by atoms with Crippen molar-refractivity contribution in [1.82, 2.24) is 9.59 Å². The van der Waals surface area contributed by atoms with Gasteiger partial charge in [0.15, 0.2) is 0 Å². The summed E-state index contributed by atoms with van der Waals surface area (Å²) in [6.07, 6.45) is 0. The number of para-hydroxylation sites is 1. The molecule has 0 unspecified atom stereocenters. The Morgan fingerprint density at radius 2 is 2.24 bits per heavy atom. The van der Waals surface area contributed by atoms with Gasteiger partial charge in [-0.05, 0) is 17.9 Å². The van der Waals surface area contributed by atoms with Crippen LogP contribution in [0.3, 0.4) is 0 Å². The maximum absolute atomic E-state index is 5.96. The van der Waals surface area contributed by atoms with E-state index in [1.54, 1.807) is 0 Å². The second-order valence-electron chi connectivity index (χ2n) is 3.28. The first-order chi connectivity index (χ1) is 8.31. The molecule has 3 nitrogen and oxygen atoms in total. The summed E-state index contributed by atoms with van der Waals surface area (Å²) in [7, 11) is 0. The van der Waals surface area contributed by atoms with Gasteiger partial charge < -0.3 is 5.32 Å². The maximum Gasteiger partial charge on any atom is 0.139 e. The summed E-state index contributed by atoms with van der Waals surface area (Å²) in [6, 6.07) is 8.23. The van der Waals surface area contributed by atoms with Crippen LogP contribution in [0.25, 0.3) is 0 Å². The van der Waals surface area contributed by atoms with Gasteiger partial charge in [-0.1, -0.05) is 35.1 Å². The van der Waals surface area contributed by atoms with Crippen molar-refractivity contribution in [2.75, 3.05) is 11.1 Å². The van der Waals surface area contributed by atoms with Crippen molar-refractivity contribution in [3.63, 3.8) is 0 Å². The van der Waals surface area contributed by atoms with Crippen LogP contribution in [0.5, 0.6) is 0 Å². The van der Waals surface area contributed by atoms with Gasteiger partial charge in [-0.25, -0.2) is 0 Å². The van der Waals surface area contributed by atoms with Crippen molar-refractivity contribution >= 4 is 40.6 Å². The van der Waals surface area contributed by atoms with Crippen molar-refractivity contribution in [2.24, 2.45) is 0 Å². The molecule has 0 fully saturated rings. The first-order valence-corrected chi connectivity index (χ1v) is 7.37. The molecule has 0 saturated carbocycles. The summed E-state index contributed by atoms with van der Waals surface area (Å²) in [5.74, 6) is 1.05. The summed E-state index contributed by atoms with van der Waals surface area (Å²) in [6.45, 7) is 2.75. The normalized spacial score (nSPS) is 10.5. The first kappa shape index (κ1) is 12.7. The van der Waals surface area contributed by atoms with Crippen molar-refractivity contribution in [3.05, 3.63) is 34.3 Å². The number of anilines is 1. The number of thioether (sulfide) groups is 1. The minimum absolute atomic E-state index is 0.608. The Morgan fingerprint density at radius 1 is 1.41 bits per heavy atom. The fraction of sp³-hybridized carbons (Fsp3) is 0.273. The fourth-order valence-corrected chi connectivity index (χ4v) is 2.78. The zero-order chi connectivity index (χ0) is 12.1. The molecule has 2 rings (SSSR count). The van der Waals surface area contributed by atoms with E-state index in [0.717, 1.165) is 17.1 Å². The Balaban J connectivity index is 2.06. The second-order valence-corrected chi connectivity index (χ2v) is 5.94. The smallest absolute Gasteiger partial charge is 0.139 e. The molecule has 0 amide bonds. The van der Waals surface area contributed by atoms with Crippen LogP contribution < -0.4 is 5.32 Å². The third-order valence-electron chi connectivity index (χ3n) is 2.14. The topological polar surface area (TPSA) is 37.8 Å². The van der Waals surface area contributed by atoms with E-state index in [2.05, 4.69) is 34.0 Å². The predicted octanol–water partition coefficient (Wildman–Crippen LogP) is 3.92. The van der Waals surface area contributed by atoms with Gasteiger partial charge in [0.2, 0.25) is 0 Å². The van der Waals surface area contributed by atoms with E-state index in [0.29, 0.717) is 10.9 Å². The van der Waals surface area contributed by atoms with Gasteiger partial charge in [0.25, 0.3) is 0 Å². The van der Waals surface area contributed by atoms with Crippen LogP contribution in [0.2, 0.25) is 4.34 Å². The lowest BCUT2D eigenvalue weighted by Crippen LogP contribution is -2.01. The summed E-state index contributed by atoms with van der Waals surface area (Å²) >= 11 is 8.98. The van der Waals surface area contributed by atoms with Crippen LogP contribution in [0.15, 0.2) is 29.2 Å². The van der Waals surface area contributed by atoms with Gasteiger partial charge in [-0.2, -0.15) is 0 Å². The predicted molar refractivity (Wildman–Crippen MR) is 75.1 cm³/mol. The Labute approximate surface area is 114 Å². The molecule has 1 aromatic heterocycles. The van der Waals surface area contributed by atoms with E-state index >= 15 is 0 Å². The van der Waals surface area contributed by atoms with Crippen molar-refractivity contribution in [1.29, 1.82) is 0 Å². The lowest BCUT2D eigenvalue weighted by molar-refractivity contribution is 0.994. The van der Waals surface area contributed by atoms with Crippen molar-refractivity contribution in [2.45, 2.75) is 18.4 Å². The number of benzene rings is 1. The lowest BCUT2D eigenvalue weighted by atomic mass is 10.3. The van der Waals surface area contributed by atoms with Gasteiger partial charge in [0.1, 0.15) is 10.0 Å². The molecule has 0 bridgehead atoms. The third-order valence-corrected chi connectivity index (χ3v) is 4.08. The molecule has 2 aromatic rings. The molecule has 6 heteroatoms. The highest BCUT2D eigenvalue weighted by Gasteiger charge is 2.06. The second kappa shape index (κ2) is 6.23. The van der Waals surface area contributed by atoms with Crippen LogP contribution in [0, 0.1) is 0 Å². The molecule has 1 aromatic carbocycles. The lowest BCUT2D eigenvalue weighted by Gasteiger charge is -2.09. The van der Waals surface area contributed by atoms with Crippen LogP contribution in [-0.2, 0) is 6.54 Å². The summed E-state index contributed by atoms with van der Waals surface area (Å²) in [5.41, 5.74) is 1.91. The van der Waals surface area contributed by atoms with E-state index in [-0.39, 0.29) is 0 Å². The van der Waals surface area contributed by atoms with E-state index in [1.165, 1.54) is 16.4 Å². The minimum atomic E-state index is 0.608. The molecule has 0 aliphatic heterocycles. The summed E-state index contributed by atoms with van der Waals surface area (Å²) in [5, 5.41) is 7.31. The van der Waals surface area contributed by atoms with Crippen molar-refractivity contribution < 1.29 is 0 Å². The fourth-order valence-electron chi connectivity index (χ4n) is 1.38. The van der Waals surface area contributed by atoms with Crippen LogP contribution >= 0.6 is 34.9 Å². The maximum atomic E-state index is 5.96. The Bertz CT molecular complexity index is 487. The minimum Gasteiger partial charge on any atom is -0.378 e. The molecule has 0 aliphatic rings. The number of rotatable bonds is 5. The molecule has 0 aliphatic carbocycles. The van der Waals surface area contributed by atoms with Crippen LogP contribution in [-0.4, -0.2) is 15.3 Å². The van der Waals surface area contributed by atoms with Crippen LogP contribution in [0.1, 0.15) is 12.6 Å². The SMILES string of the molecule is CCSc1ccccc1NCc1nnsc1Cl. The van der Waals surface area contributed by atoms with Crippen molar-refractivity contribution in [3.8, 4) is 0 Å². The number of halogens is 1. The molecule has 1 N–H and O–H groups in total. The number of nitrogens with zero attached hydrogens (tertiary/aromatic N) is 2. The largest absolute Gasteiger partial charge is 0.378 e. The van der Waals surface area contributed by atoms with Gasteiger partial charge in [-0.3, -0.25) is 0 Å². The Hall–Kier alpha value is -0.780. The van der Waals surface area contributed by atoms with E-state index in [4.69, 9.17) is 11.6 Å². The molecule has 1 heterocycles. The molecular weight excluding hydrogens is 274 g/mol. The Kier molecular flexibility index (Phi) is 4.65.